The van der Waals surface area contributed by atoms with Crippen LogP contribution >= 0.6 is 0 Å². The fraction of sp³-hybridized carbons (Fsp3) is 0.486. The Balaban J connectivity index is 1.37. The van der Waals surface area contributed by atoms with Crippen molar-refractivity contribution in [2.75, 3.05) is 0 Å². The van der Waals surface area contributed by atoms with E-state index in [9.17, 15) is 15.0 Å². The molecule has 0 aromatic carbocycles. The van der Waals surface area contributed by atoms with E-state index in [0.29, 0.717) is 30.6 Å². The van der Waals surface area contributed by atoms with Gasteiger partial charge in [-0.1, -0.05) is 81.6 Å². The van der Waals surface area contributed by atoms with E-state index in [1.807, 2.05) is 69.4 Å². The second-order valence-electron chi connectivity index (χ2n) is 13.7. The summed E-state index contributed by atoms with van der Waals surface area (Å²) >= 11 is 0. The Kier molecular flexibility index (Phi) is 9.23. The summed E-state index contributed by atoms with van der Waals surface area (Å²) in [6.45, 7) is 16.5. The van der Waals surface area contributed by atoms with Crippen molar-refractivity contribution in [1.82, 2.24) is 0 Å². The van der Waals surface area contributed by atoms with Crippen LogP contribution in [0.1, 0.15) is 81.1 Å². The van der Waals surface area contributed by atoms with Crippen LogP contribution in [0.2, 0.25) is 0 Å². The average molecular weight is 571 g/mol. The first kappa shape index (κ1) is 31.8. The monoisotopic (exact) mass is 570 g/mol. The van der Waals surface area contributed by atoms with Crippen molar-refractivity contribution in [2.24, 2.45) is 10.8 Å². The highest BCUT2D eigenvalue weighted by Gasteiger charge is 2.52. The molecule has 0 saturated heterocycles. The number of cyclic esters (lactones) is 1. The number of carbonyl (C=O) groups is 1. The molecule has 0 aromatic heterocycles. The molecule has 0 unspecified atom stereocenters. The zero-order valence-electron chi connectivity index (χ0n) is 26.4. The molecule has 1 saturated carbocycles. The Hall–Kier alpha value is -3.17. The Morgan fingerprint density at radius 2 is 1.62 bits per heavy atom. The summed E-state index contributed by atoms with van der Waals surface area (Å²) < 4.78 is 11.9. The third-order valence-corrected chi connectivity index (χ3v) is 8.61. The first-order chi connectivity index (χ1) is 19.6. The second kappa shape index (κ2) is 12.2. The van der Waals surface area contributed by atoms with Gasteiger partial charge < -0.3 is 19.7 Å². The Morgan fingerprint density at radius 3 is 2.31 bits per heavy atom. The van der Waals surface area contributed by atoms with Gasteiger partial charge in [0.25, 0.3) is 0 Å². The van der Waals surface area contributed by atoms with E-state index >= 15 is 0 Å². The number of fused-ring (bicyclic) bond motifs is 1. The lowest BCUT2D eigenvalue weighted by Crippen LogP contribution is -2.45. The SMILES string of the molecule is CC1=C(C#C/C(C)=C/C=C/C=C/C=C(C)/C=C2/C=C([C@H]3C=C4C(C)(C)C[C@H](O)C[C@@]4(C)O3)C(=O)O2)C(C)(C)C[C@H](O)C1. The summed E-state index contributed by atoms with van der Waals surface area (Å²) in [7, 11) is 0. The Labute approximate surface area is 251 Å². The third-order valence-electron chi connectivity index (χ3n) is 8.61. The molecule has 5 nitrogen and oxygen atoms in total. The molecule has 0 aromatic rings. The van der Waals surface area contributed by atoms with Crippen LogP contribution < -0.4 is 0 Å². The molecule has 0 spiro atoms. The van der Waals surface area contributed by atoms with Crippen LogP contribution in [0.5, 0.6) is 0 Å². The molecule has 1 fully saturated rings. The lowest BCUT2D eigenvalue weighted by Gasteiger charge is -2.44. The van der Waals surface area contributed by atoms with Crippen molar-refractivity contribution in [1.29, 1.82) is 0 Å². The number of rotatable bonds is 5. The average Bonchev–Trinajstić information content (AvgIpc) is 3.38. The van der Waals surface area contributed by atoms with Crippen molar-refractivity contribution >= 4 is 5.97 Å². The highest BCUT2D eigenvalue weighted by molar-refractivity contribution is 5.94. The number of ether oxygens (including phenoxy) is 2. The zero-order valence-corrected chi connectivity index (χ0v) is 26.4. The number of aliphatic hydroxyl groups is 2. The molecular formula is C37H46O5. The summed E-state index contributed by atoms with van der Waals surface area (Å²) in [6, 6.07) is 0. The molecule has 0 radical (unpaired) electrons. The molecule has 224 valence electrons. The molecule has 4 rings (SSSR count). The summed E-state index contributed by atoms with van der Waals surface area (Å²) in [4.78, 5) is 12.7. The number of hydrogen-bond acceptors (Lipinski definition) is 5. The molecule has 42 heavy (non-hydrogen) atoms. The first-order valence-electron chi connectivity index (χ1n) is 14.9. The van der Waals surface area contributed by atoms with Crippen molar-refractivity contribution < 1.29 is 24.5 Å². The molecule has 2 heterocycles. The lowest BCUT2D eigenvalue weighted by atomic mass is 9.65. The van der Waals surface area contributed by atoms with E-state index in [4.69, 9.17) is 9.47 Å². The Morgan fingerprint density at radius 1 is 0.952 bits per heavy atom. The topological polar surface area (TPSA) is 76.0 Å². The van der Waals surface area contributed by atoms with Gasteiger partial charge in [-0.25, -0.2) is 4.79 Å². The fourth-order valence-electron chi connectivity index (χ4n) is 6.94. The van der Waals surface area contributed by atoms with E-state index in [-0.39, 0.29) is 16.9 Å². The molecule has 0 bridgehead atoms. The van der Waals surface area contributed by atoms with Gasteiger partial charge in [-0.2, -0.15) is 0 Å². The summed E-state index contributed by atoms with van der Waals surface area (Å²) in [5.74, 6) is 6.71. The Bertz CT molecular complexity index is 1430. The maximum absolute atomic E-state index is 12.7. The lowest BCUT2D eigenvalue weighted by molar-refractivity contribution is -0.135. The molecular weight excluding hydrogens is 524 g/mol. The van der Waals surface area contributed by atoms with E-state index in [1.54, 1.807) is 6.08 Å². The van der Waals surface area contributed by atoms with Gasteiger partial charge in [0.1, 0.15) is 11.9 Å². The van der Waals surface area contributed by atoms with Gasteiger partial charge in [-0.3, -0.25) is 0 Å². The molecule has 2 N–H and O–H groups in total. The van der Waals surface area contributed by atoms with Crippen LogP contribution in [-0.2, 0) is 14.3 Å². The third kappa shape index (κ3) is 7.24. The summed E-state index contributed by atoms with van der Waals surface area (Å²) in [5.41, 5.74) is 4.97. The van der Waals surface area contributed by atoms with Gasteiger partial charge >= 0.3 is 5.97 Å². The molecule has 5 heteroatoms. The molecule has 0 amide bonds. The van der Waals surface area contributed by atoms with Crippen LogP contribution in [0.25, 0.3) is 0 Å². The van der Waals surface area contributed by atoms with Crippen LogP contribution in [0.15, 0.2) is 93.9 Å². The van der Waals surface area contributed by atoms with Gasteiger partial charge in [0.2, 0.25) is 0 Å². The predicted octanol–water partition coefficient (Wildman–Crippen LogP) is 7.12. The predicted molar refractivity (Wildman–Crippen MR) is 168 cm³/mol. The first-order valence-corrected chi connectivity index (χ1v) is 14.9. The van der Waals surface area contributed by atoms with Crippen LogP contribution in [0, 0.1) is 22.7 Å². The quantitative estimate of drug-likeness (QED) is 0.159. The number of carbonyl (C=O) groups excluding carboxylic acids is 1. The number of allylic oxidation sites excluding steroid dienone is 11. The van der Waals surface area contributed by atoms with Gasteiger partial charge in [0, 0.05) is 17.4 Å². The number of hydrogen-bond donors (Lipinski definition) is 2. The molecule has 2 aliphatic heterocycles. The van der Waals surface area contributed by atoms with E-state index in [2.05, 4.69) is 46.5 Å². The minimum Gasteiger partial charge on any atom is -0.423 e. The van der Waals surface area contributed by atoms with Gasteiger partial charge in [-0.05, 0) is 87.3 Å². The minimum atomic E-state index is -0.582. The van der Waals surface area contributed by atoms with Crippen LogP contribution in [0.3, 0.4) is 0 Å². The maximum Gasteiger partial charge on any atom is 0.342 e. The fourth-order valence-corrected chi connectivity index (χ4v) is 6.94. The van der Waals surface area contributed by atoms with Gasteiger partial charge in [0.05, 0.1) is 23.4 Å². The number of esters is 1. The molecule has 4 atom stereocenters. The maximum atomic E-state index is 12.7. The smallest absolute Gasteiger partial charge is 0.342 e. The highest BCUT2D eigenvalue weighted by Crippen LogP contribution is 2.52. The van der Waals surface area contributed by atoms with Crippen molar-refractivity contribution in [3.8, 4) is 11.8 Å². The second-order valence-corrected chi connectivity index (χ2v) is 13.7. The summed E-state index contributed by atoms with van der Waals surface area (Å²) in [5, 5.41) is 20.5. The highest BCUT2D eigenvalue weighted by atomic mass is 16.6. The molecule has 4 aliphatic rings. The van der Waals surface area contributed by atoms with Crippen molar-refractivity contribution in [3.05, 3.63) is 93.9 Å². The van der Waals surface area contributed by atoms with Crippen LogP contribution in [0.4, 0.5) is 0 Å². The normalized spacial score (nSPS) is 32.2. The van der Waals surface area contributed by atoms with Crippen molar-refractivity contribution in [3.63, 3.8) is 0 Å². The number of aliphatic hydroxyl groups excluding tert-OH is 2. The standard InChI is InChI=1S/C37H46O5/c1-24(15-16-31-26(3)18-27(38)21-35(31,4)5)13-11-9-10-12-14-25(2)17-29-19-30(34(40)41-29)32-20-33-36(6,7)22-28(39)23-37(33,8)42-32/h9-14,17,19-20,27-28,32,38-39H,18,21-23H2,1-8H3/b11-9+,12-10+,24-13+,25-14+,29-17-/t27-,28+,32-,37-/m1/s1. The van der Waals surface area contributed by atoms with Crippen LogP contribution in [-0.4, -0.2) is 40.1 Å². The van der Waals surface area contributed by atoms with E-state index in [0.717, 1.165) is 28.7 Å². The van der Waals surface area contributed by atoms with Crippen molar-refractivity contribution in [2.45, 2.75) is 105 Å². The minimum absolute atomic E-state index is 0.109. The zero-order chi connectivity index (χ0) is 30.9. The summed E-state index contributed by atoms with van der Waals surface area (Å²) in [6.07, 6.45) is 18.8. The largest absolute Gasteiger partial charge is 0.423 e. The van der Waals surface area contributed by atoms with Gasteiger partial charge in [-0.15, -0.1) is 0 Å². The molecule has 2 aliphatic carbocycles. The van der Waals surface area contributed by atoms with Gasteiger partial charge in [0.15, 0.2) is 0 Å². The van der Waals surface area contributed by atoms with E-state index < -0.39 is 23.8 Å². The van der Waals surface area contributed by atoms with E-state index in [1.165, 1.54) is 5.57 Å².